The molecule has 0 fully saturated rings. The first kappa shape index (κ1) is 31.6. The van der Waals surface area contributed by atoms with Crippen LogP contribution >= 0.6 is 0 Å². The summed E-state index contributed by atoms with van der Waals surface area (Å²) in [5.41, 5.74) is 3.02. The zero-order valence-corrected chi connectivity index (χ0v) is 26.1. The average molecular weight is 628 g/mol. The summed E-state index contributed by atoms with van der Waals surface area (Å²) in [7, 11) is 0. The van der Waals surface area contributed by atoms with Crippen molar-refractivity contribution in [2.75, 3.05) is 16.4 Å². The zero-order chi connectivity index (χ0) is 32.8. The summed E-state index contributed by atoms with van der Waals surface area (Å²) in [6, 6.07) is 33.9. The maximum atomic E-state index is 14.1. The highest BCUT2D eigenvalue weighted by molar-refractivity contribution is 6.08. The Hall–Kier alpha value is -5.38. The number of rotatable bonds is 13. The molecule has 238 valence electrons. The Morgan fingerprint density at radius 2 is 1.60 bits per heavy atom. The van der Waals surface area contributed by atoms with E-state index in [-0.39, 0.29) is 12.5 Å². The topological polar surface area (TPSA) is 112 Å². The third-order valence-corrected chi connectivity index (χ3v) is 8.76. The number of nitrogens with zero attached hydrogens (tertiary/aromatic N) is 5. The second kappa shape index (κ2) is 13.9. The van der Waals surface area contributed by atoms with Crippen LogP contribution in [0.3, 0.4) is 0 Å². The predicted molar refractivity (Wildman–Crippen MR) is 181 cm³/mol. The number of hydrogen-bond donors (Lipinski definition) is 2. The van der Waals surface area contributed by atoms with E-state index >= 15 is 0 Å². The van der Waals surface area contributed by atoms with Gasteiger partial charge in [0.1, 0.15) is 0 Å². The molecule has 3 atom stereocenters. The van der Waals surface area contributed by atoms with Crippen molar-refractivity contribution in [2.45, 2.75) is 38.0 Å². The van der Waals surface area contributed by atoms with E-state index in [4.69, 9.17) is 0 Å². The van der Waals surface area contributed by atoms with Gasteiger partial charge in [0.2, 0.25) is 6.41 Å². The number of allylic oxidation sites excluding steroid dienone is 1. The first-order chi connectivity index (χ1) is 22.9. The van der Waals surface area contributed by atoms with Gasteiger partial charge in [-0.05, 0) is 47.9 Å². The number of fused-ring (bicyclic) bond motifs is 1. The van der Waals surface area contributed by atoms with Crippen molar-refractivity contribution in [3.8, 4) is 0 Å². The van der Waals surface area contributed by atoms with Crippen LogP contribution in [-0.4, -0.2) is 44.1 Å². The first-order valence-corrected chi connectivity index (χ1v) is 15.7. The van der Waals surface area contributed by atoms with Crippen LogP contribution in [0.1, 0.15) is 41.6 Å². The molecule has 4 aromatic carbocycles. The first-order valence-electron chi connectivity index (χ1n) is 15.7. The Bertz CT molecular complexity index is 1840. The molecule has 1 aliphatic rings. The summed E-state index contributed by atoms with van der Waals surface area (Å²) in [4.78, 5) is 29.5. The highest BCUT2D eigenvalue weighted by atomic mass is 16.3. The molecule has 47 heavy (non-hydrogen) atoms. The smallest absolute Gasteiger partial charge is 0.264 e. The Labute approximate surface area is 274 Å². The lowest BCUT2D eigenvalue weighted by Crippen LogP contribution is -2.44. The van der Waals surface area contributed by atoms with Crippen LogP contribution < -0.4 is 9.80 Å². The SMILES string of the molecule is C[C@H](/C=C/CCn1cc(C(CO)c2ccccc2)nn1)[C@@]1(O)C(=O)N(Cc2ccccc2)c2ccc(N(C=O)c3ccccc3)cc21. The Morgan fingerprint density at radius 1 is 0.915 bits per heavy atom. The molecule has 2 heterocycles. The summed E-state index contributed by atoms with van der Waals surface area (Å²) in [6.07, 6.45) is 6.94. The molecule has 1 aliphatic heterocycles. The van der Waals surface area contributed by atoms with Crippen LogP contribution in [0, 0.1) is 5.92 Å². The van der Waals surface area contributed by atoms with Gasteiger partial charge in [0.25, 0.3) is 5.91 Å². The number of hydrogen-bond acceptors (Lipinski definition) is 6. The normalized spacial score (nSPS) is 17.1. The molecule has 0 bridgehead atoms. The lowest BCUT2D eigenvalue weighted by molar-refractivity contribution is -0.139. The lowest BCUT2D eigenvalue weighted by Gasteiger charge is -2.28. The van der Waals surface area contributed by atoms with Gasteiger partial charge in [-0.25, -0.2) is 0 Å². The highest BCUT2D eigenvalue weighted by Gasteiger charge is 2.52. The summed E-state index contributed by atoms with van der Waals surface area (Å²) >= 11 is 0. The molecule has 1 aromatic heterocycles. The molecule has 0 radical (unpaired) electrons. The van der Waals surface area contributed by atoms with Crippen molar-refractivity contribution < 1.29 is 19.8 Å². The van der Waals surface area contributed by atoms with Crippen LogP contribution in [0.15, 0.2) is 128 Å². The zero-order valence-electron chi connectivity index (χ0n) is 26.1. The second-order valence-corrected chi connectivity index (χ2v) is 11.7. The summed E-state index contributed by atoms with van der Waals surface area (Å²) < 4.78 is 1.73. The van der Waals surface area contributed by atoms with E-state index in [0.29, 0.717) is 47.8 Å². The maximum Gasteiger partial charge on any atom is 0.264 e. The number of amides is 2. The fraction of sp³-hybridized carbons (Fsp3) is 0.211. The highest BCUT2D eigenvalue weighted by Crippen LogP contribution is 2.47. The molecule has 0 spiro atoms. The average Bonchev–Trinajstić information content (AvgIpc) is 3.66. The molecular weight excluding hydrogens is 590 g/mol. The van der Waals surface area contributed by atoms with E-state index in [2.05, 4.69) is 10.3 Å². The number of benzene rings is 4. The second-order valence-electron chi connectivity index (χ2n) is 11.7. The summed E-state index contributed by atoms with van der Waals surface area (Å²) in [6.45, 7) is 2.58. The number of aliphatic hydroxyl groups is 2. The molecule has 0 saturated carbocycles. The van der Waals surface area contributed by atoms with Gasteiger partial charge in [-0.3, -0.25) is 19.2 Å². The van der Waals surface area contributed by atoms with Gasteiger partial charge < -0.3 is 15.1 Å². The maximum absolute atomic E-state index is 14.1. The van der Waals surface area contributed by atoms with Crippen LogP contribution in [0.2, 0.25) is 0 Å². The minimum atomic E-state index is -1.85. The number of aromatic nitrogens is 3. The van der Waals surface area contributed by atoms with Crippen molar-refractivity contribution in [1.29, 1.82) is 0 Å². The van der Waals surface area contributed by atoms with Gasteiger partial charge in [-0.2, -0.15) is 0 Å². The van der Waals surface area contributed by atoms with E-state index in [1.165, 1.54) is 4.90 Å². The van der Waals surface area contributed by atoms with Crippen LogP contribution in [-0.2, 0) is 28.3 Å². The van der Waals surface area contributed by atoms with Crippen LogP contribution in [0.5, 0.6) is 0 Å². The molecule has 9 heteroatoms. The van der Waals surface area contributed by atoms with Gasteiger partial charge in [-0.15, -0.1) is 5.10 Å². The van der Waals surface area contributed by atoms with Gasteiger partial charge in [-0.1, -0.05) is 103 Å². The van der Waals surface area contributed by atoms with E-state index in [0.717, 1.165) is 17.5 Å². The van der Waals surface area contributed by atoms with Gasteiger partial charge in [0.05, 0.1) is 30.5 Å². The Kier molecular flexibility index (Phi) is 9.37. The molecule has 0 aliphatic carbocycles. The Morgan fingerprint density at radius 3 is 2.28 bits per heavy atom. The fourth-order valence-electron chi connectivity index (χ4n) is 6.15. The fourth-order valence-corrected chi connectivity index (χ4v) is 6.15. The Balaban J connectivity index is 1.24. The van der Waals surface area contributed by atoms with Crippen molar-refractivity contribution in [3.05, 3.63) is 150 Å². The quantitative estimate of drug-likeness (QED) is 0.128. The van der Waals surface area contributed by atoms with Gasteiger partial charge in [0.15, 0.2) is 5.60 Å². The van der Waals surface area contributed by atoms with Crippen LogP contribution in [0.25, 0.3) is 0 Å². The lowest BCUT2D eigenvalue weighted by atomic mass is 9.82. The number of anilines is 3. The number of aliphatic hydroxyl groups excluding tert-OH is 1. The van der Waals surface area contributed by atoms with Crippen molar-refractivity contribution in [2.24, 2.45) is 5.92 Å². The molecule has 0 saturated heterocycles. The molecular formula is C38H37N5O4. The van der Waals surface area contributed by atoms with E-state index in [9.17, 15) is 19.8 Å². The summed E-state index contributed by atoms with van der Waals surface area (Å²) in [5, 5.41) is 30.8. The molecule has 2 N–H and O–H groups in total. The largest absolute Gasteiger partial charge is 0.395 e. The number of carbonyl (C=O) groups is 2. The number of aryl methyl sites for hydroxylation is 1. The van der Waals surface area contributed by atoms with E-state index < -0.39 is 17.4 Å². The van der Waals surface area contributed by atoms with Gasteiger partial charge >= 0.3 is 0 Å². The molecule has 5 aromatic rings. The molecule has 6 rings (SSSR count). The van der Waals surface area contributed by atoms with Crippen molar-refractivity contribution >= 4 is 29.4 Å². The van der Waals surface area contributed by atoms with Crippen molar-refractivity contribution in [1.82, 2.24) is 15.0 Å². The minimum Gasteiger partial charge on any atom is -0.395 e. The van der Waals surface area contributed by atoms with Crippen LogP contribution in [0.4, 0.5) is 17.1 Å². The summed E-state index contributed by atoms with van der Waals surface area (Å²) in [5.74, 6) is -1.27. The standard InChI is InChI=1S/C38H37N5O4/c1-28(13-11-12-22-41-25-35(39-40-41)33(26-44)30-16-7-3-8-17-30)38(47)34-23-32(43(27-45)31-18-9-4-10-19-31)20-21-36(34)42(37(38)46)24-29-14-5-2-6-15-29/h2-11,13-21,23,25,27-28,33,44,47H,12,22,24,26H2,1H3/b13-11+/t28-,33?,38+/m1/s1. The predicted octanol–water partition coefficient (Wildman–Crippen LogP) is 5.71. The number of para-hydroxylation sites is 1. The van der Waals surface area contributed by atoms with E-state index in [1.54, 1.807) is 27.8 Å². The molecule has 2 amide bonds. The molecule has 9 nitrogen and oxygen atoms in total. The number of carbonyl (C=O) groups excluding carboxylic acids is 2. The molecule has 1 unspecified atom stereocenters. The third kappa shape index (κ3) is 6.36. The monoisotopic (exact) mass is 627 g/mol. The van der Waals surface area contributed by atoms with Crippen molar-refractivity contribution in [3.63, 3.8) is 0 Å². The van der Waals surface area contributed by atoms with Gasteiger partial charge in [0, 0.05) is 35.6 Å². The minimum absolute atomic E-state index is 0.0762. The van der Waals surface area contributed by atoms with E-state index in [1.807, 2.05) is 116 Å². The third-order valence-electron chi connectivity index (χ3n) is 8.76.